The van der Waals surface area contributed by atoms with Gasteiger partial charge < -0.3 is 15.2 Å². The van der Waals surface area contributed by atoms with Gasteiger partial charge in [0.25, 0.3) is 5.91 Å². The van der Waals surface area contributed by atoms with Crippen LogP contribution in [0.4, 0.5) is 8.78 Å². The number of carboxylic acids is 1. The first kappa shape index (κ1) is 15.0. The second-order valence-corrected chi connectivity index (χ2v) is 3.75. The maximum Gasteiger partial charge on any atom is 0.326 e. The second kappa shape index (κ2) is 6.79. The van der Waals surface area contributed by atoms with E-state index in [1.54, 1.807) is 0 Å². The Balaban J connectivity index is 2.82. The number of hydrogen-bond acceptors (Lipinski definition) is 3. The van der Waals surface area contributed by atoms with Gasteiger partial charge in [-0.2, -0.15) is 0 Å². The molecule has 0 radical (unpaired) electrons. The van der Waals surface area contributed by atoms with Gasteiger partial charge in [0, 0.05) is 20.1 Å². The predicted octanol–water partition coefficient (Wildman–Crippen LogP) is 1.18. The van der Waals surface area contributed by atoms with Gasteiger partial charge in [-0.05, 0) is 12.1 Å². The summed E-state index contributed by atoms with van der Waals surface area (Å²) in [4.78, 5) is 22.6. The average molecular weight is 273 g/mol. The Morgan fingerprint density at radius 3 is 2.68 bits per heavy atom. The highest BCUT2D eigenvalue weighted by molar-refractivity contribution is 5.96. The zero-order valence-corrected chi connectivity index (χ0v) is 10.2. The minimum absolute atomic E-state index is 0.0223. The number of methoxy groups -OCH3 is 1. The molecule has 104 valence electrons. The normalized spacial score (nSPS) is 11.9. The summed E-state index contributed by atoms with van der Waals surface area (Å²) in [7, 11) is 1.38. The minimum Gasteiger partial charge on any atom is -0.480 e. The maximum atomic E-state index is 13.3. The van der Waals surface area contributed by atoms with Gasteiger partial charge in [-0.1, -0.05) is 6.07 Å². The Morgan fingerprint density at radius 1 is 1.42 bits per heavy atom. The number of carbonyl (C=O) groups excluding carboxylic acids is 1. The molecule has 1 aromatic rings. The van der Waals surface area contributed by atoms with Gasteiger partial charge in [0.1, 0.15) is 6.04 Å². The lowest BCUT2D eigenvalue weighted by molar-refractivity contribution is -0.139. The molecule has 1 amide bonds. The number of carbonyl (C=O) groups is 2. The third-order valence-electron chi connectivity index (χ3n) is 2.41. The molecular weight excluding hydrogens is 260 g/mol. The van der Waals surface area contributed by atoms with Crippen molar-refractivity contribution in [1.29, 1.82) is 0 Å². The first-order valence-electron chi connectivity index (χ1n) is 5.44. The summed E-state index contributed by atoms with van der Waals surface area (Å²) in [5, 5.41) is 11.0. The number of halogens is 2. The molecule has 0 aliphatic carbocycles. The van der Waals surface area contributed by atoms with Gasteiger partial charge in [0.2, 0.25) is 0 Å². The van der Waals surface area contributed by atoms with E-state index in [1.165, 1.54) is 7.11 Å². The smallest absolute Gasteiger partial charge is 0.326 e. The van der Waals surface area contributed by atoms with Crippen molar-refractivity contribution in [3.05, 3.63) is 35.4 Å². The average Bonchev–Trinajstić information content (AvgIpc) is 2.37. The van der Waals surface area contributed by atoms with Crippen LogP contribution in [0.25, 0.3) is 0 Å². The van der Waals surface area contributed by atoms with Gasteiger partial charge in [0.15, 0.2) is 11.6 Å². The number of aliphatic carboxylic acids is 1. The first-order chi connectivity index (χ1) is 8.97. The number of carboxylic acid groups (broad SMARTS) is 1. The van der Waals surface area contributed by atoms with E-state index in [-0.39, 0.29) is 13.0 Å². The van der Waals surface area contributed by atoms with Crippen LogP contribution in [0.15, 0.2) is 18.2 Å². The number of nitrogens with one attached hydrogen (secondary N) is 1. The summed E-state index contributed by atoms with van der Waals surface area (Å²) >= 11 is 0. The van der Waals surface area contributed by atoms with Crippen LogP contribution in [0.1, 0.15) is 16.8 Å². The Hall–Kier alpha value is -2.02. The molecule has 0 bridgehead atoms. The van der Waals surface area contributed by atoms with Crippen LogP contribution >= 0.6 is 0 Å². The quantitative estimate of drug-likeness (QED) is 0.816. The molecule has 0 fully saturated rings. The highest BCUT2D eigenvalue weighted by atomic mass is 19.2. The van der Waals surface area contributed by atoms with Crippen molar-refractivity contribution in [3.8, 4) is 0 Å². The summed E-state index contributed by atoms with van der Waals surface area (Å²) in [5.74, 6) is -4.74. The van der Waals surface area contributed by atoms with Crippen LogP contribution in [-0.4, -0.2) is 36.7 Å². The van der Waals surface area contributed by atoms with E-state index in [4.69, 9.17) is 9.84 Å². The predicted molar refractivity (Wildman–Crippen MR) is 61.7 cm³/mol. The van der Waals surface area contributed by atoms with E-state index in [0.29, 0.717) is 0 Å². The fourth-order valence-electron chi connectivity index (χ4n) is 1.41. The highest BCUT2D eigenvalue weighted by Crippen LogP contribution is 2.11. The van der Waals surface area contributed by atoms with Crippen molar-refractivity contribution in [2.45, 2.75) is 12.5 Å². The Kier molecular flexibility index (Phi) is 5.37. The van der Waals surface area contributed by atoms with Crippen molar-refractivity contribution in [3.63, 3.8) is 0 Å². The molecule has 0 saturated carbocycles. The zero-order valence-electron chi connectivity index (χ0n) is 10.2. The number of amides is 1. The highest BCUT2D eigenvalue weighted by Gasteiger charge is 2.22. The van der Waals surface area contributed by atoms with Gasteiger partial charge >= 0.3 is 5.97 Å². The zero-order chi connectivity index (χ0) is 14.4. The van der Waals surface area contributed by atoms with Gasteiger partial charge in [-0.3, -0.25) is 4.79 Å². The van der Waals surface area contributed by atoms with Crippen LogP contribution in [0.3, 0.4) is 0 Å². The Labute approximate surface area is 108 Å². The fraction of sp³-hybridized carbons (Fsp3) is 0.333. The molecule has 0 aliphatic rings. The summed E-state index contributed by atoms with van der Waals surface area (Å²) in [5.41, 5.74) is -0.538. The third-order valence-corrected chi connectivity index (χ3v) is 2.41. The van der Waals surface area contributed by atoms with E-state index in [9.17, 15) is 18.4 Å². The number of hydrogen-bond donors (Lipinski definition) is 2. The topological polar surface area (TPSA) is 75.6 Å². The molecule has 0 spiro atoms. The van der Waals surface area contributed by atoms with Crippen molar-refractivity contribution >= 4 is 11.9 Å². The molecule has 1 atom stereocenters. The molecule has 7 heteroatoms. The van der Waals surface area contributed by atoms with Gasteiger partial charge in [0.05, 0.1) is 5.56 Å². The van der Waals surface area contributed by atoms with Crippen molar-refractivity contribution < 1.29 is 28.2 Å². The van der Waals surface area contributed by atoms with Crippen LogP contribution in [0, 0.1) is 11.6 Å². The first-order valence-corrected chi connectivity index (χ1v) is 5.44. The molecule has 0 aliphatic heterocycles. The lowest BCUT2D eigenvalue weighted by atomic mass is 10.1. The van der Waals surface area contributed by atoms with Crippen LogP contribution in [0.2, 0.25) is 0 Å². The number of ether oxygens (including phenoxy) is 1. The van der Waals surface area contributed by atoms with E-state index < -0.39 is 35.1 Å². The van der Waals surface area contributed by atoms with E-state index >= 15 is 0 Å². The fourth-order valence-corrected chi connectivity index (χ4v) is 1.41. The SMILES string of the molecule is COCCC(NC(=O)c1cccc(F)c1F)C(=O)O. The van der Waals surface area contributed by atoms with Crippen LogP contribution in [-0.2, 0) is 9.53 Å². The van der Waals surface area contributed by atoms with Crippen molar-refractivity contribution in [2.24, 2.45) is 0 Å². The van der Waals surface area contributed by atoms with Gasteiger partial charge in [-0.15, -0.1) is 0 Å². The molecular formula is C12H13F2NO4. The number of rotatable bonds is 6. The van der Waals surface area contributed by atoms with E-state index in [0.717, 1.165) is 18.2 Å². The van der Waals surface area contributed by atoms with Crippen molar-refractivity contribution in [2.75, 3.05) is 13.7 Å². The molecule has 2 N–H and O–H groups in total. The van der Waals surface area contributed by atoms with Gasteiger partial charge in [-0.25, -0.2) is 13.6 Å². The van der Waals surface area contributed by atoms with Crippen LogP contribution < -0.4 is 5.32 Å². The molecule has 0 aromatic heterocycles. The Morgan fingerprint density at radius 2 is 2.11 bits per heavy atom. The molecule has 1 aromatic carbocycles. The lowest BCUT2D eigenvalue weighted by Gasteiger charge is -2.14. The minimum atomic E-state index is -1.31. The summed E-state index contributed by atoms with van der Waals surface area (Å²) in [6.45, 7) is 0.114. The standard InChI is InChI=1S/C12H13F2NO4/c1-19-6-5-9(12(17)18)15-11(16)7-3-2-4-8(13)10(7)14/h2-4,9H,5-6H2,1H3,(H,15,16)(H,17,18). The molecule has 0 heterocycles. The summed E-state index contributed by atoms with van der Waals surface area (Å²) < 4.78 is 31.0. The lowest BCUT2D eigenvalue weighted by Crippen LogP contribution is -2.41. The van der Waals surface area contributed by atoms with E-state index in [1.807, 2.05) is 0 Å². The number of benzene rings is 1. The van der Waals surface area contributed by atoms with E-state index in [2.05, 4.69) is 5.32 Å². The monoisotopic (exact) mass is 273 g/mol. The molecule has 0 saturated heterocycles. The third kappa shape index (κ3) is 3.99. The van der Waals surface area contributed by atoms with Crippen LogP contribution in [0.5, 0.6) is 0 Å². The largest absolute Gasteiger partial charge is 0.480 e. The Bertz CT molecular complexity index is 479. The molecule has 5 nitrogen and oxygen atoms in total. The summed E-state index contributed by atoms with van der Waals surface area (Å²) in [6.07, 6.45) is 0.0223. The molecule has 1 unspecified atom stereocenters. The maximum absolute atomic E-state index is 13.3. The summed E-state index contributed by atoms with van der Waals surface area (Å²) in [6, 6.07) is 1.88. The molecule has 19 heavy (non-hydrogen) atoms. The van der Waals surface area contributed by atoms with Crippen molar-refractivity contribution in [1.82, 2.24) is 5.32 Å². The molecule has 1 rings (SSSR count). The second-order valence-electron chi connectivity index (χ2n) is 3.75.